The van der Waals surface area contributed by atoms with Crippen molar-refractivity contribution in [2.75, 3.05) is 13.2 Å². The van der Waals surface area contributed by atoms with E-state index < -0.39 is 0 Å². The van der Waals surface area contributed by atoms with Crippen LogP contribution in [0.25, 0.3) is 0 Å². The number of carbonyl (C=O) groups excluding carboxylic acids is 2. The molecule has 0 radical (unpaired) electrons. The van der Waals surface area contributed by atoms with Crippen molar-refractivity contribution in [2.24, 2.45) is 12.0 Å². The fourth-order valence-electron chi connectivity index (χ4n) is 1.11. The zero-order chi connectivity index (χ0) is 11.8. The van der Waals surface area contributed by atoms with Gasteiger partial charge in [0.1, 0.15) is 6.67 Å². The highest BCUT2D eigenvalue weighted by Gasteiger charge is 1.99. The van der Waals surface area contributed by atoms with Crippen LogP contribution < -0.4 is 10.6 Å². The number of isocyanates is 1. The number of rotatable bonds is 5. The molecule has 0 aliphatic heterocycles. The van der Waals surface area contributed by atoms with E-state index in [1.54, 1.807) is 6.33 Å². The Kier molecular flexibility index (Phi) is 4.75. The van der Waals surface area contributed by atoms with Gasteiger partial charge in [0.2, 0.25) is 6.08 Å². The number of aryl methyl sites for hydroxylation is 1. The van der Waals surface area contributed by atoms with Gasteiger partial charge in [-0.1, -0.05) is 0 Å². The molecule has 0 unspecified atom stereocenters. The first-order valence-electron chi connectivity index (χ1n) is 4.74. The lowest BCUT2D eigenvalue weighted by Crippen LogP contribution is -2.36. The number of hydrogen-bond donors (Lipinski definition) is 2. The van der Waals surface area contributed by atoms with Gasteiger partial charge in [-0.2, -0.15) is 4.99 Å². The molecule has 1 aromatic rings. The summed E-state index contributed by atoms with van der Waals surface area (Å²) in [5, 5.41) is 4.98. The minimum atomic E-state index is -0.366. The Balaban J connectivity index is 2.15. The number of nitrogens with one attached hydrogen (secondary N) is 2. The van der Waals surface area contributed by atoms with E-state index in [-0.39, 0.29) is 12.7 Å². The number of urea groups is 1. The summed E-state index contributed by atoms with van der Waals surface area (Å²) in [7, 11) is 1.88. The summed E-state index contributed by atoms with van der Waals surface area (Å²) in [4.78, 5) is 28.1. The Morgan fingerprint density at radius 3 is 3.06 bits per heavy atom. The van der Waals surface area contributed by atoms with Crippen molar-refractivity contribution in [3.8, 4) is 0 Å². The summed E-state index contributed by atoms with van der Waals surface area (Å²) in [5.41, 5.74) is 0.911. The summed E-state index contributed by atoms with van der Waals surface area (Å²) in [6.07, 6.45) is 5.57. The van der Waals surface area contributed by atoms with Crippen LogP contribution in [0.15, 0.2) is 17.5 Å². The minimum absolute atomic E-state index is 0.0566. The van der Waals surface area contributed by atoms with Crippen LogP contribution in [0.1, 0.15) is 5.69 Å². The second-order valence-electron chi connectivity index (χ2n) is 3.12. The van der Waals surface area contributed by atoms with Gasteiger partial charge < -0.3 is 15.2 Å². The Bertz CT molecular complexity index is 394. The van der Waals surface area contributed by atoms with Crippen molar-refractivity contribution in [1.29, 1.82) is 0 Å². The van der Waals surface area contributed by atoms with Gasteiger partial charge in [-0.15, -0.1) is 0 Å². The van der Waals surface area contributed by atoms with Crippen molar-refractivity contribution in [3.05, 3.63) is 18.2 Å². The maximum absolute atomic E-state index is 11.1. The quantitative estimate of drug-likeness (QED) is 0.523. The first-order chi connectivity index (χ1) is 7.72. The lowest BCUT2D eigenvalue weighted by molar-refractivity contribution is 0.241. The molecule has 0 saturated heterocycles. The lowest BCUT2D eigenvalue weighted by Gasteiger charge is -2.03. The molecule has 0 saturated carbocycles. The van der Waals surface area contributed by atoms with Crippen LogP contribution in [0.5, 0.6) is 0 Å². The maximum Gasteiger partial charge on any atom is 0.316 e. The highest BCUT2D eigenvalue weighted by Crippen LogP contribution is 1.93. The SMILES string of the molecule is Cn1cnc(CCNC(=O)NCN=C=O)c1. The predicted octanol–water partition coefficient (Wildman–Crippen LogP) is -0.445. The van der Waals surface area contributed by atoms with E-state index in [4.69, 9.17) is 0 Å². The molecule has 1 heterocycles. The van der Waals surface area contributed by atoms with E-state index >= 15 is 0 Å². The van der Waals surface area contributed by atoms with Crippen LogP contribution in [0.2, 0.25) is 0 Å². The van der Waals surface area contributed by atoms with Crippen LogP contribution in [-0.2, 0) is 18.3 Å². The number of amides is 2. The number of aliphatic imine (C=N–C) groups is 1. The third-order valence-electron chi connectivity index (χ3n) is 1.81. The number of hydrogen-bond acceptors (Lipinski definition) is 4. The normalized spacial score (nSPS) is 9.31. The molecular weight excluding hydrogens is 210 g/mol. The standard InChI is InChI=1S/C9H13N5O2/c1-14-4-8(13-6-14)2-3-11-9(16)12-5-10-7-15/h4,6H,2-3,5H2,1H3,(H2,11,12,16). The molecule has 2 amide bonds. The summed E-state index contributed by atoms with van der Waals surface area (Å²) in [5.74, 6) is 0. The molecule has 0 fully saturated rings. The van der Waals surface area contributed by atoms with E-state index in [2.05, 4.69) is 20.6 Å². The molecule has 0 atom stereocenters. The molecular formula is C9H13N5O2. The molecule has 1 rings (SSSR count). The molecule has 7 nitrogen and oxygen atoms in total. The van der Waals surface area contributed by atoms with Crippen LogP contribution in [0, 0.1) is 0 Å². The van der Waals surface area contributed by atoms with Gasteiger partial charge in [0.15, 0.2) is 0 Å². The summed E-state index contributed by atoms with van der Waals surface area (Å²) >= 11 is 0. The Morgan fingerprint density at radius 2 is 2.44 bits per heavy atom. The van der Waals surface area contributed by atoms with Gasteiger partial charge in [0.25, 0.3) is 0 Å². The van der Waals surface area contributed by atoms with Gasteiger partial charge in [-0.25, -0.2) is 14.6 Å². The van der Waals surface area contributed by atoms with Crippen LogP contribution >= 0.6 is 0 Å². The Morgan fingerprint density at radius 1 is 1.62 bits per heavy atom. The second kappa shape index (κ2) is 6.36. The zero-order valence-corrected chi connectivity index (χ0v) is 8.93. The molecule has 86 valence electrons. The summed E-state index contributed by atoms with van der Waals surface area (Å²) < 4.78 is 1.84. The average Bonchev–Trinajstić information content (AvgIpc) is 2.65. The van der Waals surface area contributed by atoms with E-state index in [0.29, 0.717) is 13.0 Å². The van der Waals surface area contributed by atoms with E-state index in [0.717, 1.165) is 5.69 Å². The lowest BCUT2D eigenvalue weighted by atomic mass is 10.3. The largest absolute Gasteiger partial charge is 0.340 e. The highest BCUT2D eigenvalue weighted by atomic mass is 16.2. The first kappa shape index (κ1) is 11.9. The smallest absolute Gasteiger partial charge is 0.316 e. The third kappa shape index (κ3) is 4.39. The molecule has 7 heteroatoms. The average molecular weight is 223 g/mol. The molecule has 0 bridgehead atoms. The number of carbonyl (C=O) groups is 1. The first-order valence-corrected chi connectivity index (χ1v) is 4.74. The number of nitrogens with zero attached hydrogens (tertiary/aromatic N) is 3. The van der Waals surface area contributed by atoms with Crippen LogP contribution in [-0.4, -0.2) is 34.9 Å². The van der Waals surface area contributed by atoms with Crippen molar-refractivity contribution >= 4 is 12.1 Å². The van der Waals surface area contributed by atoms with Crippen LogP contribution in [0.3, 0.4) is 0 Å². The minimum Gasteiger partial charge on any atom is -0.340 e. The van der Waals surface area contributed by atoms with Gasteiger partial charge in [-0.3, -0.25) is 0 Å². The topological polar surface area (TPSA) is 88.4 Å². The van der Waals surface area contributed by atoms with Gasteiger partial charge in [0.05, 0.1) is 12.0 Å². The van der Waals surface area contributed by atoms with E-state index in [1.165, 1.54) is 6.08 Å². The summed E-state index contributed by atoms with van der Waals surface area (Å²) in [6.45, 7) is 0.423. The van der Waals surface area contributed by atoms with Gasteiger partial charge in [0, 0.05) is 26.2 Å². The molecule has 0 aliphatic carbocycles. The molecule has 16 heavy (non-hydrogen) atoms. The molecule has 0 aliphatic rings. The summed E-state index contributed by atoms with van der Waals surface area (Å²) in [6, 6.07) is -0.366. The molecule has 0 aromatic carbocycles. The van der Waals surface area contributed by atoms with Crippen molar-refractivity contribution < 1.29 is 9.59 Å². The van der Waals surface area contributed by atoms with E-state index in [9.17, 15) is 9.59 Å². The molecule has 2 N–H and O–H groups in total. The van der Waals surface area contributed by atoms with Crippen molar-refractivity contribution in [3.63, 3.8) is 0 Å². The molecule has 1 aromatic heterocycles. The Hall–Kier alpha value is -2.14. The second-order valence-corrected chi connectivity index (χ2v) is 3.12. The zero-order valence-electron chi connectivity index (χ0n) is 8.93. The fourth-order valence-corrected chi connectivity index (χ4v) is 1.11. The fraction of sp³-hybridized carbons (Fsp3) is 0.444. The van der Waals surface area contributed by atoms with Crippen molar-refractivity contribution in [2.45, 2.75) is 6.42 Å². The monoisotopic (exact) mass is 223 g/mol. The third-order valence-corrected chi connectivity index (χ3v) is 1.81. The van der Waals surface area contributed by atoms with Gasteiger partial charge in [-0.05, 0) is 0 Å². The Labute approximate surface area is 92.6 Å². The number of imidazole rings is 1. The highest BCUT2D eigenvalue weighted by molar-refractivity contribution is 5.73. The van der Waals surface area contributed by atoms with Crippen molar-refractivity contribution in [1.82, 2.24) is 20.2 Å². The number of aromatic nitrogens is 2. The maximum atomic E-state index is 11.1. The van der Waals surface area contributed by atoms with E-state index in [1.807, 2.05) is 17.8 Å². The van der Waals surface area contributed by atoms with Crippen LogP contribution in [0.4, 0.5) is 4.79 Å². The van der Waals surface area contributed by atoms with Gasteiger partial charge >= 0.3 is 6.03 Å². The molecule has 0 spiro atoms. The predicted molar refractivity (Wildman–Crippen MR) is 56.4 cm³/mol.